The Kier molecular flexibility index (Phi) is 6.07. The molecule has 1 N–H and O–H groups in total. The highest BCUT2D eigenvalue weighted by Crippen LogP contribution is 2.33. The Morgan fingerprint density at radius 2 is 1.90 bits per heavy atom. The molecule has 0 saturated carbocycles. The van der Waals surface area contributed by atoms with Crippen LogP contribution in [0, 0.1) is 0 Å². The van der Waals surface area contributed by atoms with Crippen LogP contribution >= 0.6 is 0 Å². The molecule has 1 aromatic heterocycles. The summed E-state index contributed by atoms with van der Waals surface area (Å²) in [7, 11) is 1.36. The van der Waals surface area contributed by atoms with E-state index < -0.39 is 0 Å². The molecule has 6 nitrogen and oxygen atoms in total. The van der Waals surface area contributed by atoms with E-state index in [-0.39, 0.29) is 11.9 Å². The Hall–Kier alpha value is -3.54. The van der Waals surface area contributed by atoms with Crippen molar-refractivity contribution >= 4 is 17.6 Å². The average molecular weight is 418 g/mol. The molecule has 1 aliphatic heterocycles. The minimum atomic E-state index is -0.359. The molecule has 1 unspecified atom stereocenters. The van der Waals surface area contributed by atoms with E-state index in [9.17, 15) is 9.59 Å². The molecule has 0 spiro atoms. The molecule has 0 fully saturated rings. The Labute approximate surface area is 181 Å². The van der Waals surface area contributed by atoms with Crippen LogP contribution in [0.1, 0.15) is 44.5 Å². The van der Waals surface area contributed by atoms with Gasteiger partial charge in [-0.25, -0.2) is 4.79 Å². The second-order valence-electron chi connectivity index (χ2n) is 7.76. The maximum Gasteiger partial charge on any atom is 0.337 e. The Balaban J connectivity index is 1.35. The largest absolute Gasteiger partial charge is 0.467 e. The summed E-state index contributed by atoms with van der Waals surface area (Å²) < 4.78 is 10.4. The summed E-state index contributed by atoms with van der Waals surface area (Å²) in [6.07, 6.45) is 3.23. The van der Waals surface area contributed by atoms with Gasteiger partial charge >= 0.3 is 5.97 Å². The molecule has 2 heterocycles. The van der Waals surface area contributed by atoms with E-state index in [0.717, 1.165) is 12.0 Å². The van der Waals surface area contributed by atoms with Gasteiger partial charge in [0.2, 0.25) is 0 Å². The first-order valence-electron chi connectivity index (χ1n) is 10.4. The van der Waals surface area contributed by atoms with Gasteiger partial charge in [0.25, 0.3) is 5.91 Å². The SMILES string of the molecule is COC(=O)c1ccc(CCNC(=O)c2ccoc2CN2c3ccccc3CC2C)cc1. The first kappa shape index (κ1) is 20.7. The minimum absolute atomic E-state index is 0.143. The number of nitrogens with zero attached hydrogens (tertiary/aromatic N) is 1. The molecule has 1 amide bonds. The molecule has 0 saturated heterocycles. The molecule has 3 aromatic rings. The number of carbonyl (C=O) groups excluding carboxylic acids is 2. The number of benzene rings is 2. The van der Waals surface area contributed by atoms with E-state index >= 15 is 0 Å². The van der Waals surface area contributed by atoms with Crippen LogP contribution in [-0.2, 0) is 24.1 Å². The summed E-state index contributed by atoms with van der Waals surface area (Å²) in [5.74, 6) is 0.167. The molecule has 0 aliphatic carbocycles. The maximum atomic E-state index is 12.7. The standard InChI is InChI=1S/C25H26N2O4/c1-17-15-20-5-3-4-6-22(20)27(17)16-23-21(12-14-31-23)24(28)26-13-11-18-7-9-19(10-8-18)25(29)30-2/h3-10,12,14,17H,11,13,15-16H2,1-2H3,(H,26,28). The van der Waals surface area contributed by atoms with E-state index in [1.165, 1.54) is 18.4 Å². The number of rotatable bonds is 7. The third kappa shape index (κ3) is 4.48. The highest BCUT2D eigenvalue weighted by Gasteiger charge is 2.27. The van der Waals surface area contributed by atoms with Gasteiger partial charge in [-0.05, 0) is 55.2 Å². The van der Waals surface area contributed by atoms with Gasteiger partial charge in [0.1, 0.15) is 5.76 Å². The van der Waals surface area contributed by atoms with Crippen LogP contribution in [0.2, 0.25) is 0 Å². The third-order valence-corrected chi connectivity index (χ3v) is 5.73. The lowest BCUT2D eigenvalue weighted by molar-refractivity contribution is 0.0600. The summed E-state index contributed by atoms with van der Waals surface area (Å²) >= 11 is 0. The zero-order valence-corrected chi connectivity index (χ0v) is 17.8. The van der Waals surface area contributed by atoms with Gasteiger partial charge < -0.3 is 19.4 Å². The molecule has 2 aromatic carbocycles. The highest BCUT2D eigenvalue weighted by molar-refractivity contribution is 5.95. The third-order valence-electron chi connectivity index (χ3n) is 5.73. The van der Waals surface area contributed by atoms with E-state index in [0.29, 0.717) is 42.4 Å². The normalized spacial score (nSPS) is 14.9. The quantitative estimate of drug-likeness (QED) is 0.588. The number of amides is 1. The van der Waals surface area contributed by atoms with Crippen molar-refractivity contribution in [2.24, 2.45) is 0 Å². The van der Waals surface area contributed by atoms with Crippen LogP contribution in [0.4, 0.5) is 5.69 Å². The van der Waals surface area contributed by atoms with Gasteiger partial charge in [0.05, 0.1) is 31.0 Å². The van der Waals surface area contributed by atoms with Gasteiger partial charge in [-0.2, -0.15) is 0 Å². The molecule has 0 radical (unpaired) electrons. The summed E-state index contributed by atoms with van der Waals surface area (Å²) in [6, 6.07) is 17.6. The molecule has 1 atom stereocenters. The highest BCUT2D eigenvalue weighted by atomic mass is 16.5. The minimum Gasteiger partial charge on any atom is -0.467 e. The van der Waals surface area contributed by atoms with Gasteiger partial charge in [-0.3, -0.25) is 4.79 Å². The zero-order chi connectivity index (χ0) is 21.8. The van der Waals surface area contributed by atoms with Crippen molar-refractivity contribution in [1.29, 1.82) is 0 Å². The number of furan rings is 1. The van der Waals surface area contributed by atoms with Crippen LogP contribution in [0.5, 0.6) is 0 Å². The van der Waals surface area contributed by atoms with Crippen molar-refractivity contribution in [3.63, 3.8) is 0 Å². The van der Waals surface area contributed by atoms with Crippen molar-refractivity contribution in [1.82, 2.24) is 5.32 Å². The average Bonchev–Trinajstić information content (AvgIpc) is 3.38. The number of anilines is 1. The number of hydrogen-bond donors (Lipinski definition) is 1. The number of nitrogens with one attached hydrogen (secondary N) is 1. The number of ether oxygens (including phenoxy) is 1. The summed E-state index contributed by atoms with van der Waals surface area (Å²) in [5, 5.41) is 2.97. The van der Waals surface area contributed by atoms with Crippen LogP contribution in [-0.4, -0.2) is 31.6 Å². The Bertz CT molecular complexity index is 1070. The van der Waals surface area contributed by atoms with Crippen molar-refractivity contribution in [3.8, 4) is 0 Å². The van der Waals surface area contributed by atoms with Crippen molar-refractivity contribution in [3.05, 3.63) is 88.9 Å². The fraction of sp³-hybridized carbons (Fsp3) is 0.280. The topological polar surface area (TPSA) is 71.8 Å². The van der Waals surface area contributed by atoms with Gasteiger partial charge in [-0.15, -0.1) is 0 Å². The molecule has 160 valence electrons. The Morgan fingerprint density at radius 1 is 1.13 bits per heavy atom. The van der Waals surface area contributed by atoms with E-state index in [2.05, 4.69) is 35.3 Å². The van der Waals surface area contributed by atoms with Crippen LogP contribution in [0.3, 0.4) is 0 Å². The van der Waals surface area contributed by atoms with Crippen LogP contribution in [0.15, 0.2) is 65.3 Å². The predicted molar refractivity (Wildman–Crippen MR) is 118 cm³/mol. The number of fused-ring (bicyclic) bond motifs is 1. The van der Waals surface area contributed by atoms with Crippen LogP contribution < -0.4 is 10.2 Å². The molecule has 1 aliphatic rings. The number of hydrogen-bond acceptors (Lipinski definition) is 5. The van der Waals surface area contributed by atoms with E-state index in [1.807, 2.05) is 18.2 Å². The molecular weight excluding hydrogens is 392 g/mol. The number of para-hydroxylation sites is 1. The second-order valence-corrected chi connectivity index (χ2v) is 7.76. The Morgan fingerprint density at radius 3 is 2.68 bits per heavy atom. The van der Waals surface area contributed by atoms with E-state index in [4.69, 9.17) is 9.15 Å². The monoisotopic (exact) mass is 418 g/mol. The zero-order valence-electron chi connectivity index (χ0n) is 17.8. The molecule has 0 bridgehead atoms. The summed E-state index contributed by atoms with van der Waals surface area (Å²) in [5.41, 5.74) is 4.63. The first-order chi connectivity index (χ1) is 15.1. The number of esters is 1. The van der Waals surface area contributed by atoms with E-state index in [1.54, 1.807) is 24.5 Å². The van der Waals surface area contributed by atoms with Crippen LogP contribution in [0.25, 0.3) is 0 Å². The first-order valence-corrected chi connectivity index (χ1v) is 10.4. The lowest BCUT2D eigenvalue weighted by atomic mass is 10.1. The van der Waals surface area contributed by atoms with Gasteiger partial charge in [-0.1, -0.05) is 30.3 Å². The molecule has 6 heteroatoms. The molecule has 31 heavy (non-hydrogen) atoms. The smallest absolute Gasteiger partial charge is 0.337 e. The molecular formula is C25H26N2O4. The van der Waals surface area contributed by atoms with Crippen molar-refractivity contribution in [2.45, 2.75) is 32.4 Å². The van der Waals surface area contributed by atoms with Crippen molar-refractivity contribution in [2.75, 3.05) is 18.6 Å². The summed E-state index contributed by atoms with van der Waals surface area (Å²) in [6.45, 7) is 3.24. The fourth-order valence-corrected chi connectivity index (χ4v) is 4.03. The lowest BCUT2D eigenvalue weighted by Crippen LogP contribution is -2.31. The number of methoxy groups -OCH3 is 1. The van der Waals surface area contributed by atoms with Crippen molar-refractivity contribution < 1.29 is 18.7 Å². The fourth-order valence-electron chi connectivity index (χ4n) is 4.03. The molecule has 4 rings (SSSR count). The lowest BCUT2D eigenvalue weighted by Gasteiger charge is -2.24. The van der Waals surface area contributed by atoms with Gasteiger partial charge in [0.15, 0.2) is 0 Å². The predicted octanol–water partition coefficient (Wildman–Crippen LogP) is 3.99. The number of carbonyl (C=O) groups is 2. The van der Waals surface area contributed by atoms with Gasteiger partial charge in [0, 0.05) is 18.3 Å². The summed E-state index contributed by atoms with van der Waals surface area (Å²) in [4.78, 5) is 26.5. The second kappa shape index (κ2) is 9.08. The maximum absolute atomic E-state index is 12.7.